The van der Waals surface area contributed by atoms with Gasteiger partial charge in [-0.15, -0.1) is 0 Å². The van der Waals surface area contributed by atoms with Crippen LogP contribution in [0.2, 0.25) is 0 Å². The minimum atomic E-state index is -3.86. The van der Waals surface area contributed by atoms with Gasteiger partial charge in [-0.2, -0.15) is 17.6 Å². The molecule has 0 aliphatic heterocycles. The van der Waals surface area contributed by atoms with E-state index >= 15 is 0 Å². The van der Waals surface area contributed by atoms with Crippen molar-refractivity contribution in [3.8, 4) is 22.8 Å². The molecular weight excluding hydrogens is 388 g/mol. The van der Waals surface area contributed by atoms with Gasteiger partial charge < -0.3 is 9.47 Å². The number of nitrogens with zero attached hydrogens (tertiary/aromatic N) is 2. The van der Waals surface area contributed by atoms with E-state index in [2.05, 4.69) is 5.10 Å². The van der Waals surface area contributed by atoms with Crippen molar-refractivity contribution >= 4 is 16.1 Å². The highest BCUT2D eigenvalue weighted by Crippen LogP contribution is 2.37. The Balaban J connectivity index is 1.96. The number of aromatic nitrogens is 2. The molecule has 6 nitrogen and oxygen atoms in total. The van der Waals surface area contributed by atoms with Crippen LogP contribution in [0.3, 0.4) is 0 Å². The van der Waals surface area contributed by atoms with Crippen molar-refractivity contribution in [3.63, 3.8) is 0 Å². The summed E-state index contributed by atoms with van der Waals surface area (Å²) in [7, 11) is -0.748. The first-order valence-electron chi connectivity index (χ1n) is 9.29. The second-order valence-electron chi connectivity index (χ2n) is 6.88. The molecule has 0 amide bonds. The predicted molar refractivity (Wildman–Crippen MR) is 112 cm³/mol. The van der Waals surface area contributed by atoms with Crippen molar-refractivity contribution < 1.29 is 17.9 Å². The second kappa shape index (κ2) is 7.40. The van der Waals surface area contributed by atoms with E-state index in [1.807, 2.05) is 25.1 Å². The van der Waals surface area contributed by atoms with Gasteiger partial charge in [-0.3, -0.25) is 0 Å². The van der Waals surface area contributed by atoms with Crippen molar-refractivity contribution in [1.82, 2.24) is 9.19 Å². The van der Waals surface area contributed by atoms with Crippen LogP contribution in [0.5, 0.6) is 11.5 Å². The van der Waals surface area contributed by atoms with Gasteiger partial charge in [-0.25, -0.2) is 0 Å². The van der Waals surface area contributed by atoms with Crippen LogP contribution in [-0.2, 0) is 16.4 Å². The summed E-state index contributed by atoms with van der Waals surface area (Å²) in [6, 6.07) is 12.2. The monoisotopic (exact) mass is 410 g/mol. The lowest BCUT2D eigenvalue weighted by Crippen LogP contribution is -2.16. The predicted octanol–water partition coefficient (Wildman–Crippen LogP) is 4.07. The molecule has 0 fully saturated rings. The van der Waals surface area contributed by atoms with Crippen molar-refractivity contribution in [1.29, 1.82) is 0 Å². The lowest BCUT2D eigenvalue weighted by atomic mass is 9.99. The van der Waals surface area contributed by atoms with Crippen molar-refractivity contribution in [2.75, 3.05) is 14.2 Å². The summed E-state index contributed by atoms with van der Waals surface area (Å²) in [5.41, 5.74) is 3.80. The molecule has 0 bridgehead atoms. The lowest BCUT2D eigenvalue weighted by Gasteiger charge is -2.13. The Morgan fingerprint density at radius 3 is 2.41 bits per heavy atom. The van der Waals surface area contributed by atoms with Gasteiger partial charge in [-0.05, 0) is 50.1 Å². The summed E-state index contributed by atoms with van der Waals surface area (Å²) in [4.78, 5) is 0.202. The number of allylic oxidation sites excluding steroid dienone is 1. The maximum atomic E-state index is 13.5. The van der Waals surface area contributed by atoms with Gasteiger partial charge in [0.05, 0.1) is 30.5 Å². The summed E-state index contributed by atoms with van der Waals surface area (Å²) in [6.45, 7) is 1.92. The van der Waals surface area contributed by atoms with E-state index in [0.29, 0.717) is 29.2 Å². The van der Waals surface area contributed by atoms with E-state index in [0.717, 1.165) is 27.3 Å². The Hall–Kier alpha value is -3.06. The molecule has 0 saturated heterocycles. The maximum Gasteiger partial charge on any atom is 0.283 e. The molecule has 0 spiro atoms. The molecule has 0 N–H and O–H groups in total. The average molecular weight is 410 g/mol. The van der Waals surface area contributed by atoms with E-state index in [9.17, 15) is 8.42 Å². The van der Waals surface area contributed by atoms with Crippen LogP contribution in [0, 0.1) is 6.92 Å². The Morgan fingerprint density at radius 2 is 1.72 bits per heavy atom. The van der Waals surface area contributed by atoms with Gasteiger partial charge in [0.2, 0.25) is 0 Å². The fraction of sp³-hybridized carbons (Fsp3) is 0.227. The molecule has 150 valence electrons. The highest BCUT2D eigenvalue weighted by atomic mass is 32.2. The van der Waals surface area contributed by atoms with Crippen LogP contribution in [0.1, 0.15) is 23.2 Å². The summed E-state index contributed by atoms with van der Waals surface area (Å²) < 4.78 is 38.8. The quantitative estimate of drug-likeness (QED) is 0.634. The Bertz CT molecular complexity index is 1190. The minimum absolute atomic E-state index is 0.202. The Kier molecular flexibility index (Phi) is 4.92. The van der Waals surface area contributed by atoms with E-state index in [1.165, 1.54) is 0 Å². The third kappa shape index (κ3) is 3.31. The molecule has 7 heteroatoms. The van der Waals surface area contributed by atoms with Crippen LogP contribution in [0.15, 0.2) is 53.4 Å². The van der Waals surface area contributed by atoms with Crippen molar-refractivity contribution in [3.05, 3.63) is 65.4 Å². The van der Waals surface area contributed by atoms with Crippen LogP contribution in [-0.4, -0.2) is 31.8 Å². The molecule has 3 aromatic rings. The second-order valence-corrected chi connectivity index (χ2v) is 8.65. The van der Waals surface area contributed by atoms with Crippen LogP contribution >= 0.6 is 0 Å². The number of fused-ring (bicyclic) bond motifs is 1. The third-order valence-corrected chi connectivity index (χ3v) is 6.59. The average Bonchev–Trinajstić information content (AvgIpc) is 3.14. The molecule has 1 aliphatic carbocycles. The summed E-state index contributed by atoms with van der Waals surface area (Å²) in [5.74, 6) is 1.10. The number of hydrogen-bond acceptors (Lipinski definition) is 5. The standard InChI is InChI=1S/C22H22N2O4S/c1-15-8-11-17(12-9-15)29(25,26)24-22(18-6-4-5-7-19(18)23-24)16-10-13-20(27-2)21(14-16)28-3/h4,6,8-14H,5,7H2,1-3H3. The van der Waals surface area contributed by atoms with E-state index in [4.69, 9.17) is 9.47 Å². The molecule has 4 rings (SSSR count). The highest BCUT2D eigenvalue weighted by molar-refractivity contribution is 7.90. The zero-order valence-electron chi connectivity index (χ0n) is 16.5. The Labute approximate surface area is 170 Å². The number of ether oxygens (including phenoxy) is 2. The van der Waals surface area contributed by atoms with Crippen molar-refractivity contribution in [2.45, 2.75) is 24.7 Å². The first kappa shape index (κ1) is 19.3. The van der Waals surface area contributed by atoms with E-state index in [1.54, 1.807) is 50.6 Å². The minimum Gasteiger partial charge on any atom is -0.493 e. The van der Waals surface area contributed by atoms with Gasteiger partial charge in [0.25, 0.3) is 10.0 Å². The summed E-state index contributed by atoms with van der Waals surface area (Å²) in [5, 5.41) is 4.50. The maximum absolute atomic E-state index is 13.5. The summed E-state index contributed by atoms with van der Waals surface area (Å²) in [6.07, 6.45) is 5.51. The van der Waals surface area contributed by atoms with Crippen LogP contribution in [0.4, 0.5) is 0 Å². The zero-order chi connectivity index (χ0) is 20.6. The topological polar surface area (TPSA) is 70.4 Å². The van der Waals surface area contributed by atoms with Gasteiger partial charge in [0, 0.05) is 11.1 Å². The molecule has 1 heterocycles. The Morgan fingerprint density at radius 1 is 1.00 bits per heavy atom. The fourth-order valence-corrected chi connectivity index (χ4v) is 4.80. The summed E-state index contributed by atoms with van der Waals surface area (Å²) >= 11 is 0. The van der Waals surface area contributed by atoms with E-state index < -0.39 is 10.0 Å². The lowest BCUT2D eigenvalue weighted by molar-refractivity contribution is 0.355. The number of rotatable bonds is 5. The van der Waals surface area contributed by atoms with Gasteiger partial charge >= 0.3 is 0 Å². The molecule has 1 aromatic heterocycles. The van der Waals surface area contributed by atoms with Crippen LogP contribution < -0.4 is 9.47 Å². The number of aryl methyl sites for hydroxylation is 2. The molecule has 29 heavy (non-hydrogen) atoms. The fourth-order valence-electron chi connectivity index (χ4n) is 3.47. The first-order valence-corrected chi connectivity index (χ1v) is 10.7. The normalized spacial score (nSPS) is 13.2. The van der Waals surface area contributed by atoms with Crippen LogP contribution in [0.25, 0.3) is 17.3 Å². The van der Waals surface area contributed by atoms with Crippen molar-refractivity contribution in [2.24, 2.45) is 0 Å². The number of benzene rings is 2. The number of hydrogen-bond donors (Lipinski definition) is 0. The highest BCUT2D eigenvalue weighted by Gasteiger charge is 2.28. The van der Waals surface area contributed by atoms with Gasteiger partial charge in [-0.1, -0.05) is 29.8 Å². The van der Waals surface area contributed by atoms with Gasteiger partial charge in [0.1, 0.15) is 0 Å². The molecule has 1 aliphatic rings. The SMILES string of the molecule is COc1ccc(-c2c3c(nn2S(=O)(=O)c2ccc(C)cc2)CCC=C3)cc1OC. The largest absolute Gasteiger partial charge is 0.493 e. The third-order valence-electron chi connectivity index (χ3n) is 5.00. The number of methoxy groups -OCH3 is 2. The molecule has 0 atom stereocenters. The first-order chi connectivity index (χ1) is 14.0. The smallest absolute Gasteiger partial charge is 0.283 e. The molecule has 0 radical (unpaired) electrons. The van der Waals surface area contributed by atoms with E-state index in [-0.39, 0.29) is 4.90 Å². The molecular formula is C22H22N2O4S. The van der Waals surface area contributed by atoms with Gasteiger partial charge in [0.15, 0.2) is 11.5 Å². The molecule has 2 aromatic carbocycles. The molecule has 0 saturated carbocycles. The molecule has 0 unspecified atom stereocenters. The zero-order valence-corrected chi connectivity index (χ0v) is 17.4.